The summed E-state index contributed by atoms with van der Waals surface area (Å²) in [5, 5.41) is 6.55. The zero-order chi connectivity index (χ0) is 23.2. The van der Waals surface area contributed by atoms with Crippen LogP contribution in [-0.2, 0) is 16.1 Å². The van der Waals surface area contributed by atoms with E-state index in [1.165, 1.54) is 0 Å². The predicted octanol–water partition coefficient (Wildman–Crippen LogP) is 3.91. The van der Waals surface area contributed by atoms with Crippen molar-refractivity contribution in [1.29, 1.82) is 0 Å². The number of ether oxygens (including phenoxy) is 2. The van der Waals surface area contributed by atoms with Crippen molar-refractivity contribution in [3.63, 3.8) is 0 Å². The average molecular weight is 471 g/mol. The van der Waals surface area contributed by atoms with Crippen LogP contribution in [0.1, 0.15) is 17.5 Å². The highest BCUT2D eigenvalue weighted by Gasteiger charge is 2.36. The molecule has 2 aliphatic heterocycles. The first-order valence-corrected chi connectivity index (χ1v) is 11.2. The Hall–Kier alpha value is -4.20. The lowest BCUT2D eigenvalue weighted by Crippen LogP contribution is -2.22. The molecule has 0 radical (unpaired) electrons. The molecule has 0 aliphatic carbocycles. The van der Waals surface area contributed by atoms with Crippen LogP contribution in [0.25, 0.3) is 33.0 Å². The zero-order valence-electron chi connectivity index (χ0n) is 17.9. The SMILES string of the molecule is O=C1NC(=O)C(c2cn(CCCN=C=S)c3c4c(ccc23)OCO4)=C1c1c[nH]c2ccccc12. The number of carbonyl (C=O) groups is 2. The van der Waals surface area contributed by atoms with Crippen LogP contribution in [0.4, 0.5) is 0 Å². The third kappa shape index (κ3) is 3.06. The van der Waals surface area contributed by atoms with Crippen molar-refractivity contribution in [2.45, 2.75) is 13.0 Å². The van der Waals surface area contributed by atoms with Gasteiger partial charge in [-0.25, -0.2) is 4.99 Å². The molecular formula is C25H18N4O4S. The largest absolute Gasteiger partial charge is 0.454 e. The van der Waals surface area contributed by atoms with Gasteiger partial charge in [-0.1, -0.05) is 18.2 Å². The minimum Gasteiger partial charge on any atom is -0.454 e. The highest BCUT2D eigenvalue weighted by atomic mass is 32.1. The Kier molecular flexibility index (Phi) is 4.79. The Morgan fingerprint density at radius 2 is 1.85 bits per heavy atom. The number of nitrogens with zero attached hydrogens (tertiary/aromatic N) is 2. The van der Waals surface area contributed by atoms with Crippen molar-refractivity contribution in [2.24, 2.45) is 4.99 Å². The maximum Gasteiger partial charge on any atom is 0.259 e. The van der Waals surface area contributed by atoms with E-state index >= 15 is 0 Å². The van der Waals surface area contributed by atoms with Gasteiger partial charge in [0.25, 0.3) is 11.8 Å². The lowest BCUT2D eigenvalue weighted by Gasteiger charge is -2.06. The van der Waals surface area contributed by atoms with Crippen molar-refractivity contribution in [3.8, 4) is 11.5 Å². The Bertz CT molecular complexity index is 1590. The number of nitrogens with one attached hydrogen (secondary N) is 2. The normalized spacial score (nSPS) is 14.8. The second-order valence-electron chi connectivity index (χ2n) is 8.04. The van der Waals surface area contributed by atoms with E-state index in [1.807, 2.05) is 47.2 Å². The predicted molar refractivity (Wildman–Crippen MR) is 131 cm³/mol. The molecule has 168 valence electrons. The van der Waals surface area contributed by atoms with Gasteiger partial charge in [-0.3, -0.25) is 14.9 Å². The first kappa shape index (κ1) is 20.4. The number of thiocarbonyl (C=S) groups is 1. The average Bonchev–Trinajstić information content (AvgIpc) is 3.60. The molecule has 4 aromatic rings. The first-order chi connectivity index (χ1) is 16.7. The van der Waals surface area contributed by atoms with Crippen LogP contribution in [-0.4, -0.2) is 39.9 Å². The number of amides is 2. The quantitative estimate of drug-likeness (QED) is 0.193. The molecule has 0 fully saturated rings. The Morgan fingerprint density at radius 3 is 2.71 bits per heavy atom. The van der Waals surface area contributed by atoms with Crippen molar-refractivity contribution < 1.29 is 19.1 Å². The van der Waals surface area contributed by atoms with Crippen LogP contribution in [0, 0.1) is 0 Å². The number of rotatable bonds is 6. The van der Waals surface area contributed by atoms with E-state index in [0.717, 1.165) is 28.2 Å². The van der Waals surface area contributed by atoms with Gasteiger partial charge in [0, 0.05) is 46.4 Å². The molecule has 0 atom stereocenters. The van der Waals surface area contributed by atoms with E-state index in [4.69, 9.17) is 9.47 Å². The van der Waals surface area contributed by atoms with Crippen molar-refractivity contribution in [3.05, 3.63) is 59.9 Å². The topological polar surface area (TPSA) is 97.7 Å². The minimum atomic E-state index is -0.424. The molecule has 34 heavy (non-hydrogen) atoms. The summed E-state index contributed by atoms with van der Waals surface area (Å²) in [6.07, 6.45) is 4.39. The number of carbonyl (C=O) groups excluding carboxylic acids is 2. The van der Waals surface area contributed by atoms with Crippen molar-refractivity contribution >= 4 is 62.1 Å². The van der Waals surface area contributed by atoms with Gasteiger partial charge < -0.3 is 19.0 Å². The Labute approximate surface area is 198 Å². The van der Waals surface area contributed by atoms with Gasteiger partial charge in [0.15, 0.2) is 11.5 Å². The van der Waals surface area contributed by atoms with Gasteiger partial charge in [0.1, 0.15) is 0 Å². The van der Waals surface area contributed by atoms with Crippen molar-refractivity contribution in [2.75, 3.05) is 13.3 Å². The van der Waals surface area contributed by atoms with Gasteiger partial charge in [0.05, 0.1) is 28.4 Å². The number of para-hydroxylation sites is 1. The number of H-pyrrole nitrogens is 1. The van der Waals surface area contributed by atoms with Crippen LogP contribution in [0.15, 0.2) is 53.8 Å². The van der Waals surface area contributed by atoms with E-state index in [9.17, 15) is 9.59 Å². The van der Waals surface area contributed by atoms with Crippen molar-refractivity contribution in [1.82, 2.24) is 14.9 Å². The summed E-state index contributed by atoms with van der Waals surface area (Å²) < 4.78 is 13.4. The zero-order valence-corrected chi connectivity index (χ0v) is 18.7. The van der Waals surface area contributed by atoms with Gasteiger partial charge in [-0.05, 0) is 36.8 Å². The fraction of sp³-hybridized carbons (Fsp3) is 0.160. The van der Waals surface area contributed by atoms with E-state index in [-0.39, 0.29) is 6.79 Å². The fourth-order valence-corrected chi connectivity index (χ4v) is 4.83. The molecule has 9 heteroatoms. The lowest BCUT2D eigenvalue weighted by molar-refractivity contribution is -0.122. The summed E-state index contributed by atoms with van der Waals surface area (Å²) in [5.74, 6) is 0.433. The highest BCUT2D eigenvalue weighted by molar-refractivity contribution is 7.78. The monoisotopic (exact) mass is 470 g/mol. The number of imide groups is 1. The summed E-state index contributed by atoms with van der Waals surface area (Å²) in [4.78, 5) is 33.3. The molecule has 0 saturated carbocycles. The van der Waals surface area contributed by atoms with E-state index in [2.05, 4.69) is 32.7 Å². The maximum absolute atomic E-state index is 13.1. The Morgan fingerprint density at radius 1 is 1.03 bits per heavy atom. The fourth-order valence-electron chi connectivity index (χ4n) is 4.74. The number of isothiocyanates is 1. The second-order valence-corrected chi connectivity index (χ2v) is 8.22. The molecule has 2 aromatic heterocycles. The molecule has 8 nitrogen and oxygen atoms in total. The lowest BCUT2D eigenvalue weighted by atomic mass is 9.95. The van der Waals surface area contributed by atoms with Crippen LogP contribution in [0.2, 0.25) is 0 Å². The van der Waals surface area contributed by atoms with E-state index < -0.39 is 11.8 Å². The Balaban J connectivity index is 1.59. The molecule has 0 bridgehead atoms. The molecular weight excluding hydrogens is 452 g/mol. The van der Waals surface area contributed by atoms with Gasteiger partial charge in [-0.2, -0.15) is 0 Å². The standard InChI is InChI=1S/C25H18N4O4S/c30-24-20(16-10-27-18-5-2-1-4-14(16)18)21(25(31)28-24)17-11-29(9-3-8-26-12-34)22-15(17)6-7-19-23(22)33-13-32-19/h1-2,4-7,10-11,27H,3,8-9,13H2,(H,28,30,31). The summed E-state index contributed by atoms with van der Waals surface area (Å²) in [6.45, 7) is 1.28. The van der Waals surface area contributed by atoms with Crippen LogP contribution >= 0.6 is 12.2 Å². The number of aromatic amines is 1. The molecule has 0 saturated heterocycles. The molecule has 0 spiro atoms. The summed E-state index contributed by atoms with van der Waals surface area (Å²) >= 11 is 4.67. The molecule has 2 amide bonds. The number of benzene rings is 2. The number of aliphatic imine (C=N–C) groups is 1. The smallest absolute Gasteiger partial charge is 0.259 e. The van der Waals surface area contributed by atoms with E-state index in [1.54, 1.807) is 6.20 Å². The van der Waals surface area contributed by atoms with Gasteiger partial charge in [0.2, 0.25) is 6.79 Å². The molecule has 0 unspecified atom stereocenters. The molecule has 2 N–H and O–H groups in total. The van der Waals surface area contributed by atoms with Crippen LogP contribution < -0.4 is 14.8 Å². The maximum atomic E-state index is 13.1. The first-order valence-electron chi connectivity index (χ1n) is 10.8. The summed E-state index contributed by atoms with van der Waals surface area (Å²) in [6, 6.07) is 11.4. The number of hydrogen-bond acceptors (Lipinski definition) is 6. The van der Waals surface area contributed by atoms with Crippen LogP contribution in [0.3, 0.4) is 0 Å². The number of aryl methyl sites for hydroxylation is 1. The van der Waals surface area contributed by atoms with Crippen LogP contribution in [0.5, 0.6) is 11.5 Å². The number of aromatic nitrogens is 2. The molecule has 6 rings (SSSR count). The summed E-state index contributed by atoms with van der Waals surface area (Å²) in [5.41, 5.74) is 3.75. The molecule has 2 aromatic carbocycles. The number of fused-ring (bicyclic) bond motifs is 4. The third-order valence-electron chi connectivity index (χ3n) is 6.17. The minimum absolute atomic E-state index is 0.131. The van der Waals surface area contributed by atoms with Gasteiger partial charge >= 0.3 is 0 Å². The number of hydrogen-bond donors (Lipinski definition) is 2. The highest BCUT2D eigenvalue weighted by Crippen LogP contribution is 2.44. The molecule has 2 aliphatic rings. The second kappa shape index (κ2) is 7.98. The van der Waals surface area contributed by atoms with E-state index in [0.29, 0.717) is 46.9 Å². The summed E-state index contributed by atoms with van der Waals surface area (Å²) in [7, 11) is 0. The van der Waals surface area contributed by atoms with Gasteiger partial charge in [-0.15, -0.1) is 0 Å². The molecule has 4 heterocycles. The third-order valence-corrected chi connectivity index (χ3v) is 6.30.